The van der Waals surface area contributed by atoms with Crippen molar-refractivity contribution in [2.75, 3.05) is 26.3 Å². The van der Waals surface area contributed by atoms with E-state index in [4.69, 9.17) is 9.47 Å². The predicted molar refractivity (Wildman–Crippen MR) is 82.0 cm³/mol. The van der Waals surface area contributed by atoms with Gasteiger partial charge in [-0.3, -0.25) is 19.3 Å². The van der Waals surface area contributed by atoms with Gasteiger partial charge in [0.15, 0.2) is 0 Å². The summed E-state index contributed by atoms with van der Waals surface area (Å²) in [6, 6.07) is 4.38. The van der Waals surface area contributed by atoms with Gasteiger partial charge in [0, 0.05) is 17.7 Å². The van der Waals surface area contributed by atoms with Crippen LogP contribution in [-0.2, 0) is 25.6 Å². The Morgan fingerprint density at radius 2 is 1.70 bits per heavy atom. The molecule has 0 saturated carbocycles. The van der Waals surface area contributed by atoms with E-state index < -0.39 is 11.9 Å². The smallest absolute Gasteiger partial charge is 0.320 e. The molecule has 7 nitrogen and oxygen atoms in total. The Bertz CT molecular complexity index is 538. The van der Waals surface area contributed by atoms with E-state index in [1.807, 2.05) is 0 Å². The average molecular weight is 323 g/mol. The highest BCUT2D eigenvalue weighted by atomic mass is 16.5. The SMILES string of the molecule is CCOC(=O)CN(CC(=O)OCC)Cc1cc(C=O)ccc1O. The lowest BCUT2D eigenvalue weighted by Crippen LogP contribution is -2.35. The molecular formula is C16H21NO6. The first kappa shape index (κ1) is 18.6. The van der Waals surface area contributed by atoms with Crippen molar-refractivity contribution < 1.29 is 29.0 Å². The van der Waals surface area contributed by atoms with Crippen LogP contribution in [0.2, 0.25) is 0 Å². The lowest BCUT2D eigenvalue weighted by Gasteiger charge is -2.21. The van der Waals surface area contributed by atoms with E-state index in [0.717, 1.165) is 0 Å². The van der Waals surface area contributed by atoms with Crippen LogP contribution in [-0.4, -0.2) is 54.5 Å². The van der Waals surface area contributed by atoms with Crippen molar-refractivity contribution in [2.45, 2.75) is 20.4 Å². The van der Waals surface area contributed by atoms with Crippen molar-refractivity contribution in [3.63, 3.8) is 0 Å². The van der Waals surface area contributed by atoms with Crippen LogP contribution >= 0.6 is 0 Å². The van der Waals surface area contributed by atoms with Gasteiger partial charge in [0.05, 0.1) is 26.3 Å². The topological polar surface area (TPSA) is 93.1 Å². The highest BCUT2D eigenvalue weighted by Crippen LogP contribution is 2.19. The monoisotopic (exact) mass is 323 g/mol. The van der Waals surface area contributed by atoms with Crippen LogP contribution in [0.5, 0.6) is 5.75 Å². The van der Waals surface area contributed by atoms with Crippen LogP contribution in [0.25, 0.3) is 0 Å². The molecule has 0 amide bonds. The number of hydrogen-bond acceptors (Lipinski definition) is 7. The number of hydrogen-bond donors (Lipinski definition) is 1. The van der Waals surface area contributed by atoms with Gasteiger partial charge in [0.2, 0.25) is 0 Å². The van der Waals surface area contributed by atoms with Gasteiger partial charge in [-0.05, 0) is 32.0 Å². The fraction of sp³-hybridized carbons (Fsp3) is 0.438. The van der Waals surface area contributed by atoms with Crippen LogP contribution in [0.4, 0.5) is 0 Å². The lowest BCUT2D eigenvalue weighted by atomic mass is 10.1. The Labute approximate surface area is 134 Å². The first-order chi connectivity index (χ1) is 11.0. The van der Waals surface area contributed by atoms with Crippen molar-refractivity contribution in [1.82, 2.24) is 4.90 Å². The zero-order valence-electron chi connectivity index (χ0n) is 13.3. The van der Waals surface area contributed by atoms with E-state index in [0.29, 0.717) is 17.4 Å². The van der Waals surface area contributed by atoms with E-state index in [1.165, 1.54) is 23.1 Å². The Kier molecular flexibility index (Phi) is 7.76. The Balaban J connectivity index is 2.88. The summed E-state index contributed by atoms with van der Waals surface area (Å²) in [7, 11) is 0. The molecule has 7 heteroatoms. The molecule has 23 heavy (non-hydrogen) atoms. The third-order valence-electron chi connectivity index (χ3n) is 2.95. The first-order valence-electron chi connectivity index (χ1n) is 7.30. The number of carbonyl (C=O) groups is 3. The fourth-order valence-corrected chi connectivity index (χ4v) is 1.99. The minimum absolute atomic E-state index is 0.0201. The number of ether oxygens (including phenoxy) is 2. The molecule has 1 aromatic rings. The number of carbonyl (C=O) groups excluding carboxylic acids is 3. The number of benzene rings is 1. The number of aromatic hydroxyl groups is 1. The minimum Gasteiger partial charge on any atom is -0.508 e. The van der Waals surface area contributed by atoms with E-state index in [-0.39, 0.29) is 38.6 Å². The molecule has 0 aliphatic rings. The fourth-order valence-electron chi connectivity index (χ4n) is 1.99. The van der Waals surface area contributed by atoms with Crippen molar-refractivity contribution in [3.8, 4) is 5.75 Å². The molecule has 126 valence electrons. The molecule has 1 N–H and O–H groups in total. The zero-order valence-corrected chi connectivity index (χ0v) is 13.3. The molecule has 0 aliphatic carbocycles. The summed E-state index contributed by atoms with van der Waals surface area (Å²) in [5.41, 5.74) is 0.827. The molecule has 0 fully saturated rings. The van der Waals surface area contributed by atoms with Gasteiger partial charge in [0.1, 0.15) is 12.0 Å². The maximum Gasteiger partial charge on any atom is 0.320 e. The molecule has 0 atom stereocenters. The normalized spacial score (nSPS) is 10.4. The number of nitrogens with zero attached hydrogens (tertiary/aromatic N) is 1. The number of aldehydes is 1. The molecule has 1 aromatic carbocycles. The highest BCUT2D eigenvalue weighted by Gasteiger charge is 2.18. The molecule has 0 unspecified atom stereocenters. The summed E-state index contributed by atoms with van der Waals surface area (Å²) in [6.07, 6.45) is 0.657. The van der Waals surface area contributed by atoms with Gasteiger partial charge in [-0.2, -0.15) is 0 Å². The standard InChI is InChI=1S/C16H21NO6/c1-3-22-15(20)9-17(10-16(21)23-4-2)8-13-7-12(11-18)5-6-14(13)19/h5-7,11,19H,3-4,8-10H2,1-2H3. The van der Waals surface area contributed by atoms with Gasteiger partial charge < -0.3 is 14.6 Å². The third kappa shape index (κ3) is 6.48. The minimum atomic E-state index is -0.483. The summed E-state index contributed by atoms with van der Waals surface area (Å²) in [6.45, 7) is 3.69. The second kappa shape index (κ2) is 9.58. The number of rotatable bonds is 9. The molecular weight excluding hydrogens is 302 g/mol. The molecule has 0 spiro atoms. The average Bonchev–Trinajstić information content (AvgIpc) is 2.49. The van der Waals surface area contributed by atoms with Crippen LogP contribution in [0.15, 0.2) is 18.2 Å². The molecule has 0 heterocycles. The first-order valence-corrected chi connectivity index (χ1v) is 7.30. The van der Waals surface area contributed by atoms with Gasteiger partial charge in [-0.1, -0.05) is 0 Å². The number of esters is 2. The number of phenolic OH excluding ortho intramolecular Hbond substituents is 1. The van der Waals surface area contributed by atoms with Gasteiger partial charge >= 0.3 is 11.9 Å². The maximum atomic E-state index is 11.7. The van der Waals surface area contributed by atoms with E-state index in [1.54, 1.807) is 13.8 Å². The second-order valence-corrected chi connectivity index (χ2v) is 4.76. The van der Waals surface area contributed by atoms with Crippen molar-refractivity contribution in [1.29, 1.82) is 0 Å². The predicted octanol–water partition coefficient (Wildman–Crippen LogP) is 1.13. The summed E-state index contributed by atoms with van der Waals surface area (Å²) in [5.74, 6) is -0.987. The number of phenols is 1. The molecule has 0 aliphatic heterocycles. The third-order valence-corrected chi connectivity index (χ3v) is 2.95. The maximum absolute atomic E-state index is 11.7. The van der Waals surface area contributed by atoms with Crippen molar-refractivity contribution in [2.24, 2.45) is 0 Å². The van der Waals surface area contributed by atoms with Crippen molar-refractivity contribution >= 4 is 18.2 Å². The Hall–Kier alpha value is -2.41. The van der Waals surface area contributed by atoms with E-state index in [2.05, 4.69) is 0 Å². The van der Waals surface area contributed by atoms with Crippen LogP contribution < -0.4 is 0 Å². The zero-order chi connectivity index (χ0) is 17.2. The molecule has 0 saturated heterocycles. The van der Waals surface area contributed by atoms with Gasteiger partial charge in [-0.15, -0.1) is 0 Å². The second-order valence-electron chi connectivity index (χ2n) is 4.76. The summed E-state index contributed by atoms with van der Waals surface area (Å²) < 4.78 is 9.75. The van der Waals surface area contributed by atoms with E-state index >= 15 is 0 Å². The molecule has 0 bridgehead atoms. The van der Waals surface area contributed by atoms with Crippen LogP contribution in [0, 0.1) is 0 Å². The summed E-state index contributed by atoms with van der Waals surface area (Å²) in [4.78, 5) is 35.6. The van der Waals surface area contributed by atoms with Gasteiger partial charge in [-0.25, -0.2) is 0 Å². The molecule has 0 radical (unpaired) electrons. The lowest BCUT2D eigenvalue weighted by molar-refractivity contribution is -0.148. The highest BCUT2D eigenvalue weighted by molar-refractivity contribution is 5.76. The quantitative estimate of drug-likeness (QED) is 0.538. The largest absolute Gasteiger partial charge is 0.508 e. The van der Waals surface area contributed by atoms with Crippen LogP contribution in [0.1, 0.15) is 29.8 Å². The van der Waals surface area contributed by atoms with Crippen LogP contribution in [0.3, 0.4) is 0 Å². The Morgan fingerprint density at radius 3 is 2.17 bits per heavy atom. The van der Waals surface area contributed by atoms with Crippen molar-refractivity contribution in [3.05, 3.63) is 29.3 Å². The molecule has 0 aromatic heterocycles. The molecule has 1 rings (SSSR count). The van der Waals surface area contributed by atoms with E-state index in [9.17, 15) is 19.5 Å². The Morgan fingerprint density at radius 1 is 1.13 bits per heavy atom. The summed E-state index contributed by atoms with van der Waals surface area (Å²) >= 11 is 0. The van der Waals surface area contributed by atoms with Gasteiger partial charge in [0.25, 0.3) is 0 Å². The summed E-state index contributed by atoms with van der Waals surface area (Å²) in [5, 5.41) is 9.88.